The second-order valence-electron chi connectivity index (χ2n) is 8.45. The highest BCUT2D eigenvalue weighted by Gasteiger charge is 2.30. The summed E-state index contributed by atoms with van der Waals surface area (Å²) in [5, 5.41) is 0.267. The van der Waals surface area contributed by atoms with Crippen LogP contribution in [0.2, 0.25) is 0 Å². The van der Waals surface area contributed by atoms with Gasteiger partial charge >= 0.3 is 6.09 Å². The minimum atomic E-state index is -0.651. The van der Waals surface area contributed by atoms with Gasteiger partial charge in [0.25, 0.3) is 5.56 Å². The molecule has 2 aromatic heterocycles. The van der Waals surface area contributed by atoms with E-state index in [1.54, 1.807) is 39.0 Å². The highest BCUT2D eigenvalue weighted by molar-refractivity contribution is 6.13. The van der Waals surface area contributed by atoms with Crippen molar-refractivity contribution >= 4 is 22.8 Å². The molecule has 0 saturated heterocycles. The lowest BCUT2D eigenvalue weighted by Gasteiger charge is -2.19. The Morgan fingerprint density at radius 1 is 1.09 bits per heavy atom. The number of fused-ring (bicyclic) bond motifs is 4. The lowest BCUT2D eigenvalue weighted by atomic mass is 10.1. The van der Waals surface area contributed by atoms with Gasteiger partial charge in [0.15, 0.2) is 5.82 Å². The van der Waals surface area contributed by atoms with Crippen LogP contribution in [0.25, 0.3) is 27.8 Å². The minimum Gasteiger partial charge on any atom is -0.443 e. The fourth-order valence-corrected chi connectivity index (χ4v) is 3.61. The Hall–Kier alpha value is -4.14. The van der Waals surface area contributed by atoms with Crippen LogP contribution in [-0.2, 0) is 4.74 Å². The van der Waals surface area contributed by atoms with E-state index in [1.165, 1.54) is 33.8 Å². The van der Waals surface area contributed by atoms with Gasteiger partial charge in [0.2, 0.25) is 5.78 Å². The highest BCUT2D eigenvalue weighted by atomic mass is 19.1. The van der Waals surface area contributed by atoms with Crippen molar-refractivity contribution in [2.45, 2.75) is 26.4 Å². The second kappa shape index (κ2) is 6.68. The number of halogens is 1. The number of ketones is 1. The first-order valence-electron chi connectivity index (χ1n) is 9.81. The Balaban J connectivity index is 1.60. The van der Waals surface area contributed by atoms with Gasteiger partial charge in [-0.2, -0.15) is 0 Å². The molecule has 0 atom stereocenters. The smallest absolute Gasteiger partial charge is 0.419 e. The zero-order valence-corrected chi connectivity index (χ0v) is 17.4. The van der Waals surface area contributed by atoms with Crippen LogP contribution >= 0.6 is 0 Å². The molecule has 0 spiro atoms. The summed E-state index contributed by atoms with van der Waals surface area (Å²) in [5.74, 6) is -1.12. The van der Waals surface area contributed by atoms with Gasteiger partial charge < -0.3 is 4.74 Å². The first-order valence-corrected chi connectivity index (χ1v) is 9.81. The summed E-state index contributed by atoms with van der Waals surface area (Å²) in [5.41, 5.74) is 0.674. The van der Waals surface area contributed by atoms with Gasteiger partial charge in [-0.15, -0.1) is 0 Å². The van der Waals surface area contributed by atoms with Crippen LogP contribution in [0.15, 0.2) is 53.7 Å². The van der Waals surface area contributed by atoms with E-state index in [2.05, 4.69) is 9.97 Å². The number of hydrogen-bond acceptors (Lipinski definition) is 6. The molecule has 9 heteroatoms. The third-order valence-corrected chi connectivity index (χ3v) is 5.00. The Bertz CT molecular complexity index is 1510. The Labute approximate surface area is 180 Å². The normalized spacial score (nSPS) is 12.7. The molecule has 0 amide bonds. The van der Waals surface area contributed by atoms with Crippen molar-refractivity contribution in [2.75, 3.05) is 0 Å². The van der Waals surface area contributed by atoms with Gasteiger partial charge in [0.1, 0.15) is 17.7 Å². The molecule has 0 saturated carbocycles. The molecule has 0 fully saturated rings. The molecule has 1 aliphatic rings. The number of carbonyl (C=O) groups excluding carboxylic acids is 2. The van der Waals surface area contributed by atoms with E-state index < -0.39 is 28.9 Å². The zero-order valence-electron chi connectivity index (χ0n) is 17.4. The van der Waals surface area contributed by atoms with Crippen molar-refractivity contribution in [3.05, 3.63) is 76.5 Å². The minimum absolute atomic E-state index is 0.0509. The van der Waals surface area contributed by atoms with E-state index in [4.69, 9.17) is 4.74 Å². The van der Waals surface area contributed by atoms with Crippen LogP contribution in [0, 0.1) is 5.82 Å². The van der Waals surface area contributed by atoms with E-state index in [0.717, 1.165) is 6.07 Å². The summed E-state index contributed by atoms with van der Waals surface area (Å²) >= 11 is 0. The molecular weight excluding hydrogens is 415 g/mol. The third-order valence-electron chi connectivity index (χ3n) is 5.00. The topological polar surface area (TPSA) is 96.1 Å². The highest BCUT2D eigenvalue weighted by Crippen LogP contribution is 2.28. The summed E-state index contributed by atoms with van der Waals surface area (Å²) in [4.78, 5) is 46.7. The van der Waals surface area contributed by atoms with E-state index in [9.17, 15) is 18.8 Å². The van der Waals surface area contributed by atoms with Crippen LogP contribution in [0.3, 0.4) is 0 Å². The monoisotopic (exact) mass is 432 g/mol. The molecule has 2 aromatic carbocycles. The Kier molecular flexibility index (Phi) is 4.13. The van der Waals surface area contributed by atoms with E-state index in [-0.39, 0.29) is 16.8 Å². The predicted molar refractivity (Wildman–Crippen MR) is 114 cm³/mol. The van der Waals surface area contributed by atoms with Crippen molar-refractivity contribution in [1.29, 1.82) is 0 Å². The van der Waals surface area contributed by atoms with Gasteiger partial charge in [0.05, 0.1) is 27.8 Å². The van der Waals surface area contributed by atoms with E-state index in [0.29, 0.717) is 22.5 Å². The van der Waals surface area contributed by atoms with Crippen LogP contribution in [0.4, 0.5) is 9.18 Å². The van der Waals surface area contributed by atoms with Crippen LogP contribution < -0.4 is 5.56 Å². The zero-order chi connectivity index (χ0) is 22.8. The van der Waals surface area contributed by atoms with Crippen molar-refractivity contribution in [1.82, 2.24) is 19.1 Å². The largest absolute Gasteiger partial charge is 0.443 e. The molecule has 0 aliphatic carbocycles. The Morgan fingerprint density at radius 2 is 1.88 bits per heavy atom. The number of nitrogens with zero attached hydrogens (tertiary/aromatic N) is 4. The summed E-state index contributed by atoms with van der Waals surface area (Å²) in [6, 6.07) is 8.59. The van der Waals surface area contributed by atoms with Crippen molar-refractivity contribution in [2.24, 2.45) is 0 Å². The van der Waals surface area contributed by atoms with Crippen molar-refractivity contribution < 1.29 is 18.7 Å². The summed E-state index contributed by atoms with van der Waals surface area (Å²) in [6.45, 7) is 5.30. The average molecular weight is 432 g/mol. The third kappa shape index (κ3) is 3.09. The van der Waals surface area contributed by atoms with E-state index in [1.807, 2.05) is 0 Å². The average Bonchev–Trinajstić information content (AvgIpc) is 3.32. The molecule has 0 N–H and O–H groups in total. The standard InChI is InChI=1S/C23H17FN4O4/c1-23(2,3)32-22(31)27-10-17(25-11-27)12-4-6-16-14(8-12)21(30)28-18-7-5-13(24)9-15(18)19(29)20(28)26-16/h4-11H,1-3H3. The summed E-state index contributed by atoms with van der Waals surface area (Å²) in [6.07, 6.45) is 2.28. The number of rotatable bonds is 1. The van der Waals surface area contributed by atoms with E-state index >= 15 is 0 Å². The number of aromatic nitrogens is 4. The van der Waals surface area contributed by atoms with Gasteiger partial charge in [0, 0.05) is 11.8 Å². The van der Waals surface area contributed by atoms with Crippen LogP contribution in [0.1, 0.15) is 37.0 Å². The Morgan fingerprint density at radius 3 is 2.62 bits per heavy atom. The van der Waals surface area contributed by atoms with Gasteiger partial charge in [-0.25, -0.2) is 23.7 Å². The number of imidazole rings is 1. The maximum absolute atomic E-state index is 13.6. The molecule has 8 nitrogen and oxygen atoms in total. The van der Waals surface area contributed by atoms with Gasteiger partial charge in [-0.1, -0.05) is 6.07 Å². The molecule has 0 bridgehead atoms. The predicted octanol–water partition coefficient (Wildman–Crippen LogP) is 3.72. The molecule has 32 heavy (non-hydrogen) atoms. The fourth-order valence-electron chi connectivity index (χ4n) is 3.61. The summed E-state index contributed by atoms with van der Waals surface area (Å²) in [7, 11) is 0. The molecule has 0 radical (unpaired) electrons. The maximum Gasteiger partial charge on any atom is 0.419 e. The van der Waals surface area contributed by atoms with Crippen LogP contribution in [0.5, 0.6) is 0 Å². The number of hydrogen-bond donors (Lipinski definition) is 0. The quantitative estimate of drug-likeness (QED) is 0.401. The molecule has 1 aliphatic heterocycles. The van der Waals surface area contributed by atoms with Gasteiger partial charge in [-0.05, 0) is 51.1 Å². The second-order valence-corrected chi connectivity index (χ2v) is 8.45. The van der Waals surface area contributed by atoms with Crippen LogP contribution in [-0.4, -0.2) is 36.6 Å². The van der Waals surface area contributed by atoms with Crippen molar-refractivity contribution in [3.63, 3.8) is 0 Å². The molecular formula is C23H17FN4O4. The lowest BCUT2D eigenvalue weighted by Crippen LogP contribution is -2.26. The number of benzene rings is 2. The maximum atomic E-state index is 13.6. The first kappa shape index (κ1) is 19.8. The SMILES string of the molecule is CC(C)(C)OC(=O)n1cnc(-c2ccc3nc4n(c(=O)c3c2)-c2ccc(F)cc2C4=O)c1. The van der Waals surface area contributed by atoms with Gasteiger partial charge in [-0.3, -0.25) is 14.2 Å². The number of carbonyl (C=O) groups is 2. The molecule has 3 heterocycles. The fraction of sp³-hybridized carbons (Fsp3) is 0.174. The van der Waals surface area contributed by atoms with Crippen molar-refractivity contribution in [3.8, 4) is 16.9 Å². The molecule has 5 rings (SSSR count). The summed E-state index contributed by atoms with van der Waals surface area (Å²) < 4.78 is 21.4. The number of ether oxygens (including phenoxy) is 1. The molecule has 0 unspecified atom stereocenters. The lowest BCUT2D eigenvalue weighted by molar-refractivity contribution is 0.0536. The first-order chi connectivity index (χ1) is 15.1. The molecule has 160 valence electrons. The molecule has 4 aromatic rings.